The smallest absolute Gasteiger partial charge is 0.348 e. The number of benzene rings is 1. The predicted octanol–water partition coefficient (Wildman–Crippen LogP) is 1.81. The summed E-state index contributed by atoms with van der Waals surface area (Å²) in [5.41, 5.74) is 3.38. The lowest BCUT2D eigenvalue weighted by Crippen LogP contribution is -1.92. The lowest BCUT2D eigenvalue weighted by atomic mass is 10.1. The van der Waals surface area contributed by atoms with Crippen molar-refractivity contribution in [2.24, 2.45) is 0 Å². The minimum Gasteiger partial charge on any atom is -0.567 e. The van der Waals surface area contributed by atoms with E-state index in [1.807, 2.05) is 32.9 Å². The van der Waals surface area contributed by atoms with E-state index in [1.54, 1.807) is 0 Å². The number of hydrogen-bond donors (Lipinski definition) is 0. The maximum atomic E-state index is 6.84. The molecule has 2 heteroatoms. The van der Waals surface area contributed by atoms with E-state index >= 15 is 0 Å². The molecule has 0 bridgehead atoms. The number of aryl methyl sites for hydroxylation is 3. The monoisotopic (exact) mass is 148 g/mol. The Morgan fingerprint density at radius 3 is 2.27 bits per heavy atom. The standard InChI is InChI=1S/C9H12BO/c1-6-4-7(2)9(11-10)8(3)5-6/h4-5,10H,1-3H3/i10D. The zero-order chi connectivity index (χ0) is 9.14. The molecule has 1 aromatic carbocycles. The lowest BCUT2D eigenvalue weighted by Gasteiger charge is -2.09. The Labute approximate surface area is 70.2 Å². The molecular weight excluding hydrogens is 135 g/mol. The third-order valence-corrected chi connectivity index (χ3v) is 1.72. The number of hydrogen-bond acceptors (Lipinski definition) is 1. The summed E-state index contributed by atoms with van der Waals surface area (Å²) in [6.07, 6.45) is 0. The van der Waals surface area contributed by atoms with E-state index in [2.05, 4.69) is 0 Å². The number of rotatable bonds is 2. The SMILES string of the molecule is [2H][B]Oc1c(C)cc(C)cc1C. The molecule has 0 saturated heterocycles. The average Bonchev–Trinajstić information content (AvgIpc) is 1.96. The van der Waals surface area contributed by atoms with Gasteiger partial charge in [0.2, 0.25) is 0 Å². The predicted molar refractivity (Wildman–Crippen MR) is 48.4 cm³/mol. The highest BCUT2D eigenvalue weighted by molar-refractivity contribution is 6.00. The Morgan fingerprint density at radius 1 is 1.27 bits per heavy atom. The van der Waals surface area contributed by atoms with Crippen LogP contribution >= 0.6 is 0 Å². The highest BCUT2D eigenvalue weighted by Gasteiger charge is 2.01. The Balaban J connectivity index is 3.10. The van der Waals surface area contributed by atoms with E-state index in [4.69, 9.17) is 5.99 Å². The Kier molecular flexibility index (Phi) is 1.84. The molecule has 0 spiro atoms. The summed E-state index contributed by atoms with van der Waals surface area (Å²) in [5, 5.41) is 0. The third kappa shape index (κ3) is 1.56. The first kappa shape index (κ1) is 6.77. The van der Waals surface area contributed by atoms with Crippen LogP contribution in [0.1, 0.15) is 16.7 Å². The molecule has 0 N–H and O–H groups in total. The second kappa shape index (κ2) is 2.99. The van der Waals surface area contributed by atoms with Gasteiger partial charge in [0, 0.05) is 1.34 Å². The molecular formula is C9H12BO. The van der Waals surface area contributed by atoms with Crippen LogP contribution in [-0.4, -0.2) is 9.35 Å². The van der Waals surface area contributed by atoms with Crippen LogP contribution in [0.15, 0.2) is 12.1 Å². The van der Waals surface area contributed by atoms with Crippen LogP contribution < -0.4 is 4.65 Å². The Hall–Kier alpha value is -0.915. The largest absolute Gasteiger partial charge is 0.567 e. The van der Waals surface area contributed by atoms with Gasteiger partial charge in [-0.15, -0.1) is 0 Å². The van der Waals surface area contributed by atoms with E-state index in [0.29, 0.717) is 0 Å². The van der Waals surface area contributed by atoms with Crippen molar-refractivity contribution in [1.82, 2.24) is 0 Å². The van der Waals surface area contributed by atoms with E-state index in [0.717, 1.165) is 24.9 Å². The Morgan fingerprint density at radius 2 is 1.82 bits per heavy atom. The average molecular weight is 148 g/mol. The van der Waals surface area contributed by atoms with Crippen LogP contribution in [-0.2, 0) is 0 Å². The van der Waals surface area contributed by atoms with Gasteiger partial charge in [-0.05, 0) is 31.9 Å². The van der Waals surface area contributed by atoms with Crippen molar-refractivity contribution >= 4 is 8.01 Å². The molecule has 0 atom stereocenters. The molecule has 0 amide bonds. The quantitative estimate of drug-likeness (QED) is 0.581. The highest BCUT2D eigenvalue weighted by Crippen LogP contribution is 2.23. The molecule has 1 nitrogen and oxygen atoms in total. The molecule has 0 fully saturated rings. The van der Waals surface area contributed by atoms with Crippen LogP contribution in [0, 0.1) is 20.8 Å². The molecule has 57 valence electrons. The molecule has 0 unspecified atom stereocenters. The van der Waals surface area contributed by atoms with Gasteiger partial charge in [-0.1, -0.05) is 17.7 Å². The van der Waals surface area contributed by atoms with Crippen molar-refractivity contribution in [1.29, 1.82) is 1.34 Å². The van der Waals surface area contributed by atoms with E-state index in [1.165, 1.54) is 5.56 Å². The molecule has 1 rings (SSSR count). The maximum Gasteiger partial charge on any atom is 0.348 e. The van der Waals surface area contributed by atoms with Gasteiger partial charge >= 0.3 is 8.01 Å². The van der Waals surface area contributed by atoms with Crippen LogP contribution in [0.2, 0.25) is 0 Å². The first-order chi connectivity index (χ1) is 5.65. The molecule has 11 heavy (non-hydrogen) atoms. The van der Waals surface area contributed by atoms with Crippen molar-refractivity contribution in [3.63, 3.8) is 0 Å². The van der Waals surface area contributed by atoms with Gasteiger partial charge in [-0.2, -0.15) is 0 Å². The highest BCUT2D eigenvalue weighted by atomic mass is 16.4. The first-order valence-corrected chi connectivity index (χ1v) is 3.59. The zero-order valence-electron chi connectivity index (χ0n) is 8.14. The second-order valence-corrected chi connectivity index (χ2v) is 2.85. The molecule has 0 aliphatic heterocycles. The third-order valence-electron chi connectivity index (χ3n) is 1.72. The molecule has 0 aromatic heterocycles. The lowest BCUT2D eigenvalue weighted by molar-refractivity contribution is 0.604. The minimum atomic E-state index is 0.801. The van der Waals surface area contributed by atoms with Gasteiger partial charge in [-0.3, -0.25) is 0 Å². The summed E-state index contributed by atoms with van der Waals surface area (Å²) in [4.78, 5) is 0. The van der Waals surface area contributed by atoms with Gasteiger partial charge in [0.1, 0.15) is 5.75 Å². The summed E-state index contributed by atoms with van der Waals surface area (Å²) < 4.78 is 11.9. The van der Waals surface area contributed by atoms with Crippen molar-refractivity contribution in [3.05, 3.63) is 28.8 Å². The van der Waals surface area contributed by atoms with Gasteiger partial charge in [0.25, 0.3) is 0 Å². The Bertz CT molecular complexity index is 263. The van der Waals surface area contributed by atoms with Gasteiger partial charge in [0.05, 0.1) is 0 Å². The summed E-state index contributed by atoms with van der Waals surface area (Å²) >= 11 is 0. The fourth-order valence-electron chi connectivity index (χ4n) is 1.35. The maximum absolute atomic E-state index is 6.84. The molecule has 0 heterocycles. The van der Waals surface area contributed by atoms with Crippen molar-refractivity contribution in [3.8, 4) is 5.75 Å². The van der Waals surface area contributed by atoms with Crippen molar-refractivity contribution in [2.45, 2.75) is 20.8 Å². The van der Waals surface area contributed by atoms with E-state index in [-0.39, 0.29) is 0 Å². The second-order valence-electron chi connectivity index (χ2n) is 2.85. The van der Waals surface area contributed by atoms with E-state index in [9.17, 15) is 0 Å². The molecule has 0 aliphatic rings. The van der Waals surface area contributed by atoms with Crippen LogP contribution in [0.3, 0.4) is 0 Å². The normalized spacial score (nSPS) is 10.6. The molecule has 0 saturated carbocycles. The van der Waals surface area contributed by atoms with Gasteiger partial charge < -0.3 is 4.65 Å². The molecule has 1 aromatic rings. The molecule has 1 radical (unpaired) electrons. The fourth-order valence-corrected chi connectivity index (χ4v) is 1.35. The first-order valence-electron chi connectivity index (χ1n) is 4.17. The summed E-state index contributed by atoms with van der Waals surface area (Å²) in [6, 6.07) is 4.09. The molecule has 0 aliphatic carbocycles. The summed E-state index contributed by atoms with van der Waals surface area (Å²) in [7, 11) is 0.963. The van der Waals surface area contributed by atoms with Crippen LogP contribution in [0.4, 0.5) is 0 Å². The van der Waals surface area contributed by atoms with E-state index < -0.39 is 0 Å². The minimum absolute atomic E-state index is 0.801. The van der Waals surface area contributed by atoms with Gasteiger partial charge in [0.15, 0.2) is 0 Å². The summed E-state index contributed by atoms with van der Waals surface area (Å²) in [5.74, 6) is 0.801. The van der Waals surface area contributed by atoms with Crippen LogP contribution in [0.25, 0.3) is 0 Å². The van der Waals surface area contributed by atoms with Gasteiger partial charge in [-0.25, -0.2) is 0 Å². The van der Waals surface area contributed by atoms with Crippen LogP contribution in [0.5, 0.6) is 5.75 Å². The fraction of sp³-hybridized carbons (Fsp3) is 0.333. The topological polar surface area (TPSA) is 9.23 Å². The summed E-state index contributed by atoms with van der Waals surface area (Å²) in [6.45, 7) is 6.02. The van der Waals surface area contributed by atoms with Crippen molar-refractivity contribution in [2.75, 3.05) is 0 Å². The zero-order valence-corrected chi connectivity index (χ0v) is 7.14. The van der Waals surface area contributed by atoms with Crippen molar-refractivity contribution < 1.29 is 4.65 Å².